The quantitative estimate of drug-likeness (QED) is 0.756. The first-order valence-corrected chi connectivity index (χ1v) is 7.73. The monoisotopic (exact) mass is 363 g/mol. The van der Waals surface area contributed by atoms with Crippen molar-refractivity contribution in [2.75, 3.05) is 20.1 Å². The van der Waals surface area contributed by atoms with E-state index in [4.69, 9.17) is 0 Å². The van der Waals surface area contributed by atoms with Crippen LogP contribution in [-0.4, -0.2) is 25.0 Å². The molecule has 0 N–H and O–H groups in total. The van der Waals surface area contributed by atoms with E-state index in [1.165, 1.54) is 42.6 Å². The molecule has 1 heterocycles. The predicted molar refractivity (Wildman–Crippen MR) is 95.4 cm³/mol. The van der Waals surface area contributed by atoms with Gasteiger partial charge in [-0.1, -0.05) is 36.4 Å². The van der Waals surface area contributed by atoms with Crippen molar-refractivity contribution in [2.45, 2.75) is 25.2 Å². The van der Waals surface area contributed by atoms with Crippen molar-refractivity contribution in [3.05, 3.63) is 71.0 Å². The zero-order chi connectivity index (χ0) is 14.7. The van der Waals surface area contributed by atoms with Crippen molar-refractivity contribution < 1.29 is 4.39 Å². The van der Waals surface area contributed by atoms with Gasteiger partial charge in [0.1, 0.15) is 5.82 Å². The lowest BCUT2D eigenvalue weighted by Gasteiger charge is -2.30. The Labute approximate surface area is 142 Å². The normalized spacial score (nSPS) is 16.3. The Hall–Kier alpha value is -1.19. The summed E-state index contributed by atoms with van der Waals surface area (Å²) in [5.74, 6) is 0.500. The van der Waals surface area contributed by atoms with Gasteiger partial charge in [0, 0.05) is 0 Å². The second-order valence-electron chi connectivity index (χ2n) is 6.08. The second-order valence-corrected chi connectivity index (χ2v) is 6.08. The Kier molecular flexibility index (Phi) is 6.16. The van der Waals surface area contributed by atoms with Crippen LogP contribution in [0.4, 0.5) is 4.39 Å². The van der Waals surface area contributed by atoms with Crippen LogP contribution in [0.5, 0.6) is 0 Å². The molecule has 0 atom stereocenters. The van der Waals surface area contributed by atoms with E-state index in [0.717, 1.165) is 6.42 Å². The van der Waals surface area contributed by atoms with Gasteiger partial charge < -0.3 is 4.90 Å². The highest BCUT2D eigenvalue weighted by molar-refractivity contribution is 8.93. The molecule has 1 aliphatic rings. The molecule has 118 valence electrons. The fourth-order valence-electron chi connectivity index (χ4n) is 3.24. The number of rotatable bonds is 3. The van der Waals surface area contributed by atoms with Gasteiger partial charge in [-0.15, -0.1) is 17.0 Å². The molecule has 0 saturated carbocycles. The number of halogens is 2. The van der Waals surface area contributed by atoms with Crippen molar-refractivity contribution in [2.24, 2.45) is 0 Å². The molecule has 3 heteroatoms. The average molecular weight is 364 g/mol. The number of nitrogens with zero attached hydrogens (tertiary/aromatic N) is 1. The van der Waals surface area contributed by atoms with Gasteiger partial charge in [0.15, 0.2) is 0 Å². The number of likely N-dealkylation sites (tertiary alicyclic amines) is 1. The average Bonchev–Trinajstić information content (AvgIpc) is 2.51. The highest BCUT2D eigenvalue weighted by atomic mass is 79.9. The van der Waals surface area contributed by atoms with E-state index >= 15 is 0 Å². The molecule has 1 aliphatic heterocycles. The summed E-state index contributed by atoms with van der Waals surface area (Å²) >= 11 is 0. The number of hydrogen-bond donors (Lipinski definition) is 0. The Bertz CT molecular complexity index is 589. The molecule has 0 aliphatic carbocycles. The molecule has 1 saturated heterocycles. The minimum Gasteiger partial charge on any atom is -0.306 e. The molecule has 1 fully saturated rings. The van der Waals surface area contributed by atoms with Crippen LogP contribution in [0.2, 0.25) is 0 Å². The van der Waals surface area contributed by atoms with Crippen molar-refractivity contribution >= 4 is 17.0 Å². The third-order valence-corrected chi connectivity index (χ3v) is 4.52. The minimum absolute atomic E-state index is 0. The highest BCUT2D eigenvalue weighted by Gasteiger charge is 2.20. The van der Waals surface area contributed by atoms with Crippen molar-refractivity contribution in [1.82, 2.24) is 4.90 Å². The minimum atomic E-state index is -0.164. The SMILES string of the molecule is Br.CN1CCC(c2ccccc2Cc2ccc(F)cc2)CC1. The molecular formula is C19H23BrFN. The maximum Gasteiger partial charge on any atom is 0.123 e. The molecule has 22 heavy (non-hydrogen) atoms. The summed E-state index contributed by atoms with van der Waals surface area (Å²) in [4.78, 5) is 2.40. The Morgan fingerprint density at radius 1 is 1.00 bits per heavy atom. The lowest BCUT2D eigenvalue weighted by molar-refractivity contribution is 0.255. The van der Waals surface area contributed by atoms with E-state index in [-0.39, 0.29) is 22.8 Å². The molecule has 0 spiro atoms. The molecule has 3 rings (SSSR count). The maximum atomic E-state index is 13.0. The second kappa shape index (κ2) is 7.89. The van der Waals surface area contributed by atoms with Gasteiger partial charge in [-0.05, 0) is 74.1 Å². The first-order valence-electron chi connectivity index (χ1n) is 7.73. The molecule has 2 aromatic carbocycles. The summed E-state index contributed by atoms with van der Waals surface area (Å²) in [7, 11) is 2.20. The maximum absolute atomic E-state index is 13.0. The largest absolute Gasteiger partial charge is 0.306 e. The van der Waals surface area contributed by atoms with Crippen LogP contribution in [0.25, 0.3) is 0 Å². The predicted octanol–water partition coefficient (Wildman–Crippen LogP) is 4.80. The Balaban J connectivity index is 0.00000176. The van der Waals surface area contributed by atoms with Crippen LogP contribution in [0.1, 0.15) is 35.4 Å². The van der Waals surface area contributed by atoms with E-state index < -0.39 is 0 Å². The molecule has 0 unspecified atom stereocenters. The molecule has 0 aromatic heterocycles. The van der Waals surface area contributed by atoms with Crippen LogP contribution in [0.15, 0.2) is 48.5 Å². The summed E-state index contributed by atoms with van der Waals surface area (Å²) in [5.41, 5.74) is 4.05. The lowest BCUT2D eigenvalue weighted by atomic mass is 9.85. The Morgan fingerprint density at radius 2 is 1.64 bits per heavy atom. The molecule has 2 aromatic rings. The van der Waals surface area contributed by atoms with E-state index in [2.05, 4.69) is 36.2 Å². The molecular weight excluding hydrogens is 341 g/mol. The molecule has 0 radical (unpaired) electrons. The van der Waals surface area contributed by atoms with E-state index in [9.17, 15) is 4.39 Å². The molecule has 0 amide bonds. The summed E-state index contributed by atoms with van der Waals surface area (Å²) in [6.45, 7) is 2.35. The zero-order valence-electron chi connectivity index (χ0n) is 13.0. The third-order valence-electron chi connectivity index (χ3n) is 4.52. The van der Waals surface area contributed by atoms with Gasteiger partial charge in [-0.2, -0.15) is 0 Å². The first-order chi connectivity index (χ1) is 10.2. The van der Waals surface area contributed by atoms with Gasteiger partial charge in [-0.25, -0.2) is 4.39 Å². The summed E-state index contributed by atoms with van der Waals surface area (Å²) in [5, 5.41) is 0. The fraction of sp³-hybridized carbons (Fsp3) is 0.368. The third kappa shape index (κ3) is 4.17. The van der Waals surface area contributed by atoms with Crippen LogP contribution in [0, 0.1) is 5.82 Å². The van der Waals surface area contributed by atoms with Crippen LogP contribution in [0.3, 0.4) is 0 Å². The summed E-state index contributed by atoms with van der Waals surface area (Å²) < 4.78 is 13.0. The zero-order valence-corrected chi connectivity index (χ0v) is 14.7. The lowest BCUT2D eigenvalue weighted by Crippen LogP contribution is -2.29. The van der Waals surface area contributed by atoms with Crippen LogP contribution < -0.4 is 0 Å². The number of benzene rings is 2. The smallest absolute Gasteiger partial charge is 0.123 e. The summed E-state index contributed by atoms with van der Waals surface area (Å²) in [6, 6.07) is 15.6. The molecule has 0 bridgehead atoms. The van der Waals surface area contributed by atoms with E-state index in [1.54, 1.807) is 12.1 Å². The van der Waals surface area contributed by atoms with Gasteiger partial charge >= 0.3 is 0 Å². The number of piperidine rings is 1. The standard InChI is InChI=1S/C19H22FN.BrH/c1-21-12-10-16(11-13-21)19-5-3-2-4-17(19)14-15-6-8-18(20)9-7-15;/h2-9,16H,10-14H2,1H3;1H. The van der Waals surface area contributed by atoms with Crippen molar-refractivity contribution in [3.63, 3.8) is 0 Å². The fourth-order valence-corrected chi connectivity index (χ4v) is 3.24. The topological polar surface area (TPSA) is 3.24 Å². The van der Waals surface area contributed by atoms with Crippen LogP contribution in [-0.2, 0) is 6.42 Å². The summed E-state index contributed by atoms with van der Waals surface area (Å²) in [6.07, 6.45) is 3.36. The van der Waals surface area contributed by atoms with Gasteiger partial charge in [0.2, 0.25) is 0 Å². The van der Waals surface area contributed by atoms with E-state index in [1.807, 2.05) is 12.1 Å². The van der Waals surface area contributed by atoms with Gasteiger partial charge in [0.05, 0.1) is 0 Å². The van der Waals surface area contributed by atoms with Gasteiger partial charge in [-0.3, -0.25) is 0 Å². The van der Waals surface area contributed by atoms with Crippen LogP contribution >= 0.6 is 17.0 Å². The van der Waals surface area contributed by atoms with Gasteiger partial charge in [0.25, 0.3) is 0 Å². The Morgan fingerprint density at radius 3 is 2.32 bits per heavy atom. The van der Waals surface area contributed by atoms with E-state index in [0.29, 0.717) is 5.92 Å². The molecule has 1 nitrogen and oxygen atoms in total. The van der Waals surface area contributed by atoms with Crippen molar-refractivity contribution in [3.8, 4) is 0 Å². The van der Waals surface area contributed by atoms with Crippen molar-refractivity contribution in [1.29, 1.82) is 0 Å². The number of hydrogen-bond acceptors (Lipinski definition) is 1. The first kappa shape index (κ1) is 17.2. The highest BCUT2D eigenvalue weighted by Crippen LogP contribution is 2.31.